The quantitative estimate of drug-likeness (QED) is 0.224. The number of aryl methyl sites for hydroxylation is 1. The predicted molar refractivity (Wildman–Crippen MR) is 134 cm³/mol. The minimum Gasteiger partial charge on any atom is -0.490 e. The van der Waals surface area contributed by atoms with Crippen LogP contribution in [0, 0.1) is 6.92 Å². The zero-order valence-corrected chi connectivity index (χ0v) is 19.6. The highest BCUT2D eigenvalue weighted by molar-refractivity contribution is 6.30. The summed E-state index contributed by atoms with van der Waals surface area (Å²) in [6.07, 6.45) is 3.99. The number of amides is 1. The number of allylic oxidation sites excluding steroid dienone is 1. The molecule has 0 aliphatic rings. The second-order valence-corrected chi connectivity index (χ2v) is 7.85. The first-order chi connectivity index (χ1) is 16.0. The van der Waals surface area contributed by atoms with Gasteiger partial charge in [-0.3, -0.25) is 4.79 Å². The van der Waals surface area contributed by atoms with Crippen LogP contribution in [0.3, 0.4) is 0 Å². The van der Waals surface area contributed by atoms with Crippen LogP contribution < -0.4 is 14.9 Å². The second kappa shape index (κ2) is 11.9. The van der Waals surface area contributed by atoms with E-state index in [9.17, 15) is 4.79 Å². The molecule has 0 bridgehead atoms. The van der Waals surface area contributed by atoms with Crippen molar-refractivity contribution in [2.45, 2.75) is 26.9 Å². The molecule has 0 fully saturated rings. The molecule has 0 radical (unpaired) electrons. The standard InChI is InChI=1S/C27H27ClN2O3/c1-4-6-23-15-21(17-29-30-27(31)22-11-13-24(28)14-12-22)16-25(32-5-2)26(23)33-18-20-9-7-19(3)8-10-20/h4,7-17H,1,5-6,18H2,2-3H3,(H,30,31)/b29-17-. The van der Waals surface area contributed by atoms with E-state index >= 15 is 0 Å². The summed E-state index contributed by atoms with van der Waals surface area (Å²) in [6, 6.07) is 18.6. The first-order valence-corrected chi connectivity index (χ1v) is 11.1. The number of hydrogen-bond acceptors (Lipinski definition) is 4. The number of hydrazone groups is 1. The minimum absolute atomic E-state index is 0.322. The Balaban J connectivity index is 1.79. The topological polar surface area (TPSA) is 59.9 Å². The summed E-state index contributed by atoms with van der Waals surface area (Å²) >= 11 is 5.87. The maximum atomic E-state index is 12.3. The van der Waals surface area contributed by atoms with Crippen molar-refractivity contribution in [2.75, 3.05) is 6.61 Å². The highest BCUT2D eigenvalue weighted by Crippen LogP contribution is 2.34. The smallest absolute Gasteiger partial charge is 0.271 e. The van der Waals surface area contributed by atoms with E-state index in [-0.39, 0.29) is 5.91 Å². The molecule has 0 atom stereocenters. The van der Waals surface area contributed by atoms with Gasteiger partial charge >= 0.3 is 0 Å². The van der Waals surface area contributed by atoms with Crippen molar-refractivity contribution >= 4 is 23.7 Å². The molecule has 0 unspecified atom stereocenters. The van der Waals surface area contributed by atoms with Crippen LogP contribution in [0.15, 0.2) is 78.4 Å². The van der Waals surface area contributed by atoms with E-state index in [0.717, 1.165) is 16.7 Å². The van der Waals surface area contributed by atoms with Crippen molar-refractivity contribution in [3.63, 3.8) is 0 Å². The highest BCUT2D eigenvalue weighted by Gasteiger charge is 2.13. The number of benzene rings is 3. The maximum Gasteiger partial charge on any atom is 0.271 e. The van der Waals surface area contributed by atoms with Gasteiger partial charge in [-0.15, -0.1) is 6.58 Å². The van der Waals surface area contributed by atoms with Gasteiger partial charge in [-0.2, -0.15) is 5.10 Å². The van der Waals surface area contributed by atoms with Crippen LogP contribution in [-0.2, 0) is 13.0 Å². The molecule has 5 nitrogen and oxygen atoms in total. The lowest BCUT2D eigenvalue weighted by molar-refractivity contribution is 0.0955. The molecule has 0 saturated heterocycles. The van der Waals surface area contributed by atoms with Crippen LogP contribution in [0.4, 0.5) is 0 Å². The van der Waals surface area contributed by atoms with Gasteiger partial charge in [0.15, 0.2) is 11.5 Å². The fourth-order valence-corrected chi connectivity index (χ4v) is 3.29. The van der Waals surface area contributed by atoms with Crippen LogP contribution in [-0.4, -0.2) is 18.7 Å². The zero-order chi connectivity index (χ0) is 23.6. The summed E-state index contributed by atoms with van der Waals surface area (Å²) in [6.45, 7) is 8.75. The number of halogens is 1. The Morgan fingerprint density at radius 3 is 2.48 bits per heavy atom. The Morgan fingerprint density at radius 2 is 1.82 bits per heavy atom. The molecule has 0 saturated carbocycles. The normalized spacial score (nSPS) is 10.8. The Kier molecular flexibility index (Phi) is 8.67. The van der Waals surface area contributed by atoms with E-state index in [4.69, 9.17) is 21.1 Å². The molecule has 170 valence electrons. The first-order valence-electron chi connectivity index (χ1n) is 10.7. The lowest BCUT2D eigenvalue weighted by Crippen LogP contribution is -2.17. The van der Waals surface area contributed by atoms with E-state index in [0.29, 0.717) is 41.7 Å². The number of rotatable bonds is 10. The molecule has 6 heteroatoms. The molecule has 0 aromatic heterocycles. The molecule has 3 aromatic carbocycles. The van der Waals surface area contributed by atoms with Crippen molar-refractivity contribution in [3.8, 4) is 11.5 Å². The van der Waals surface area contributed by atoms with Gasteiger partial charge in [0.1, 0.15) is 6.61 Å². The summed E-state index contributed by atoms with van der Waals surface area (Å²) in [4.78, 5) is 12.3. The van der Waals surface area contributed by atoms with Crippen LogP contribution in [0.5, 0.6) is 11.5 Å². The van der Waals surface area contributed by atoms with Crippen LogP contribution >= 0.6 is 11.6 Å². The Labute approximate surface area is 199 Å². The highest BCUT2D eigenvalue weighted by atomic mass is 35.5. The molecule has 3 rings (SSSR count). The van der Waals surface area contributed by atoms with E-state index in [2.05, 4.69) is 36.2 Å². The molecule has 3 aromatic rings. The number of ether oxygens (including phenoxy) is 2. The monoisotopic (exact) mass is 462 g/mol. The van der Waals surface area contributed by atoms with E-state index in [1.807, 2.05) is 37.3 Å². The largest absolute Gasteiger partial charge is 0.490 e. The van der Waals surface area contributed by atoms with E-state index in [1.165, 1.54) is 5.56 Å². The average Bonchev–Trinajstić information content (AvgIpc) is 2.80. The van der Waals surface area contributed by atoms with Gasteiger partial charge in [-0.25, -0.2) is 5.43 Å². The number of hydrogen-bond donors (Lipinski definition) is 1. The summed E-state index contributed by atoms with van der Waals surface area (Å²) in [5.74, 6) is 0.978. The Hall–Kier alpha value is -3.57. The number of nitrogens with one attached hydrogen (secondary N) is 1. The third-order valence-electron chi connectivity index (χ3n) is 4.81. The van der Waals surface area contributed by atoms with Crippen LogP contribution in [0.1, 0.15) is 39.5 Å². The molecule has 33 heavy (non-hydrogen) atoms. The summed E-state index contributed by atoms with van der Waals surface area (Å²) in [5, 5.41) is 4.66. The Bertz CT molecular complexity index is 1120. The number of carbonyl (C=O) groups is 1. The molecule has 1 amide bonds. The molecular formula is C27H27ClN2O3. The SMILES string of the molecule is C=CCc1cc(/C=N\NC(=O)c2ccc(Cl)cc2)cc(OCC)c1OCc1ccc(C)cc1. The fourth-order valence-electron chi connectivity index (χ4n) is 3.16. The first kappa shape index (κ1) is 24.1. The van der Waals surface area contributed by atoms with E-state index in [1.54, 1.807) is 30.5 Å². The minimum atomic E-state index is -0.322. The van der Waals surface area contributed by atoms with Gasteiger partial charge in [-0.05, 0) is 67.8 Å². The van der Waals surface area contributed by atoms with Crippen LogP contribution in [0.2, 0.25) is 5.02 Å². The second-order valence-electron chi connectivity index (χ2n) is 7.41. The lowest BCUT2D eigenvalue weighted by atomic mass is 10.1. The lowest BCUT2D eigenvalue weighted by Gasteiger charge is -2.17. The zero-order valence-electron chi connectivity index (χ0n) is 18.8. The Morgan fingerprint density at radius 1 is 1.09 bits per heavy atom. The van der Waals surface area contributed by atoms with Crippen molar-refractivity contribution in [1.29, 1.82) is 0 Å². The number of carbonyl (C=O) groups excluding carboxylic acids is 1. The predicted octanol–water partition coefficient (Wildman–Crippen LogP) is 6.12. The van der Waals surface area contributed by atoms with Gasteiger partial charge in [0, 0.05) is 16.1 Å². The van der Waals surface area contributed by atoms with Gasteiger partial charge in [0.05, 0.1) is 12.8 Å². The molecule has 0 aliphatic heterocycles. The fraction of sp³-hybridized carbons (Fsp3) is 0.185. The van der Waals surface area contributed by atoms with Crippen molar-refractivity contribution in [2.24, 2.45) is 5.10 Å². The summed E-state index contributed by atoms with van der Waals surface area (Å²) in [5.41, 5.74) is 6.97. The van der Waals surface area contributed by atoms with Gasteiger partial charge in [0.25, 0.3) is 5.91 Å². The maximum absolute atomic E-state index is 12.3. The van der Waals surface area contributed by atoms with Gasteiger partial charge < -0.3 is 9.47 Å². The molecular weight excluding hydrogens is 436 g/mol. The van der Waals surface area contributed by atoms with Crippen molar-refractivity contribution in [1.82, 2.24) is 5.43 Å². The van der Waals surface area contributed by atoms with E-state index < -0.39 is 0 Å². The average molecular weight is 463 g/mol. The molecule has 0 spiro atoms. The third kappa shape index (κ3) is 6.96. The summed E-state index contributed by atoms with van der Waals surface area (Å²) in [7, 11) is 0. The molecule has 0 heterocycles. The van der Waals surface area contributed by atoms with Gasteiger partial charge in [-0.1, -0.05) is 47.5 Å². The molecule has 0 aliphatic carbocycles. The molecule has 1 N–H and O–H groups in total. The summed E-state index contributed by atoms with van der Waals surface area (Å²) < 4.78 is 12.0. The van der Waals surface area contributed by atoms with Crippen molar-refractivity contribution < 1.29 is 14.3 Å². The van der Waals surface area contributed by atoms with Gasteiger partial charge in [0.2, 0.25) is 0 Å². The van der Waals surface area contributed by atoms with Crippen molar-refractivity contribution in [3.05, 3.63) is 106 Å². The third-order valence-corrected chi connectivity index (χ3v) is 5.06. The van der Waals surface area contributed by atoms with Crippen LogP contribution in [0.25, 0.3) is 0 Å². The number of nitrogens with zero attached hydrogens (tertiary/aromatic N) is 1.